The van der Waals surface area contributed by atoms with Crippen LogP contribution in [0.15, 0.2) is 53.2 Å². The summed E-state index contributed by atoms with van der Waals surface area (Å²) in [6, 6.07) is 12.5. The zero-order valence-electron chi connectivity index (χ0n) is 14.2. The van der Waals surface area contributed by atoms with Crippen LogP contribution >= 0.6 is 0 Å². The summed E-state index contributed by atoms with van der Waals surface area (Å²) in [5.74, 6) is -0.606. The zero-order valence-corrected chi connectivity index (χ0v) is 14.2. The van der Waals surface area contributed by atoms with E-state index in [1.165, 1.54) is 7.11 Å². The Bertz CT molecular complexity index is 908. The van der Waals surface area contributed by atoms with E-state index in [2.05, 4.69) is 9.73 Å². The minimum Gasteiger partial charge on any atom is -0.465 e. The first-order valence-electron chi connectivity index (χ1n) is 7.76. The van der Waals surface area contributed by atoms with Crippen LogP contribution in [0.1, 0.15) is 32.6 Å². The van der Waals surface area contributed by atoms with Crippen molar-refractivity contribution in [2.75, 3.05) is 7.11 Å². The van der Waals surface area contributed by atoms with Gasteiger partial charge in [0.15, 0.2) is 5.70 Å². The minimum absolute atomic E-state index is 0.221. The van der Waals surface area contributed by atoms with Crippen molar-refractivity contribution in [3.05, 3.63) is 76.0 Å². The van der Waals surface area contributed by atoms with Crippen molar-refractivity contribution in [3.63, 3.8) is 0 Å². The Kier molecular flexibility index (Phi) is 4.48. The predicted octanol–water partition coefficient (Wildman–Crippen LogP) is 3.43. The van der Waals surface area contributed by atoms with Crippen LogP contribution in [0.4, 0.5) is 0 Å². The van der Waals surface area contributed by atoms with E-state index < -0.39 is 11.9 Å². The number of nitrogens with zero attached hydrogens (tertiary/aromatic N) is 1. The fourth-order valence-corrected chi connectivity index (χ4v) is 2.40. The normalized spacial score (nSPS) is 15.1. The Morgan fingerprint density at radius 3 is 2.44 bits per heavy atom. The van der Waals surface area contributed by atoms with E-state index in [1.807, 2.05) is 32.0 Å². The molecule has 0 amide bonds. The van der Waals surface area contributed by atoms with Crippen LogP contribution in [-0.2, 0) is 14.3 Å². The standard InChI is InChI=1S/C20H17NO4/c1-12-4-7-16(10-13(12)2)18-21-17(20(23)25-18)11-14-5-8-15(9-6-14)19(22)24-3/h4-11H,1-3H3/b17-11+. The smallest absolute Gasteiger partial charge is 0.363 e. The second kappa shape index (κ2) is 6.73. The minimum atomic E-state index is -0.495. The molecule has 0 bridgehead atoms. The first-order chi connectivity index (χ1) is 12.0. The van der Waals surface area contributed by atoms with Gasteiger partial charge in [-0.3, -0.25) is 0 Å². The molecule has 0 aliphatic carbocycles. The molecule has 0 unspecified atom stereocenters. The number of esters is 2. The predicted molar refractivity (Wildman–Crippen MR) is 94.3 cm³/mol. The highest BCUT2D eigenvalue weighted by Crippen LogP contribution is 2.21. The Labute approximate surface area is 145 Å². The quantitative estimate of drug-likeness (QED) is 0.637. The van der Waals surface area contributed by atoms with E-state index in [1.54, 1.807) is 30.3 Å². The van der Waals surface area contributed by atoms with Crippen molar-refractivity contribution in [1.29, 1.82) is 0 Å². The maximum absolute atomic E-state index is 12.1. The van der Waals surface area contributed by atoms with Gasteiger partial charge in [-0.15, -0.1) is 0 Å². The van der Waals surface area contributed by atoms with Crippen LogP contribution < -0.4 is 0 Å². The fraction of sp³-hybridized carbons (Fsp3) is 0.150. The molecule has 3 rings (SSSR count). The number of methoxy groups -OCH3 is 1. The molecule has 0 spiro atoms. The molecule has 1 aliphatic heterocycles. The molecule has 1 aliphatic rings. The highest BCUT2D eigenvalue weighted by molar-refractivity contribution is 6.13. The molecule has 2 aromatic carbocycles. The molecule has 0 fully saturated rings. The monoisotopic (exact) mass is 335 g/mol. The Morgan fingerprint density at radius 2 is 1.80 bits per heavy atom. The third-order valence-electron chi connectivity index (χ3n) is 4.01. The molecule has 5 heteroatoms. The van der Waals surface area contributed by atoms with E-state index in [-0.39, 0.29) is 5.70 Å². The molecule has 2 aromatic rings. The van der Waals surface area contributed by atoms with Gasteiger partial charge >= 0.3 is 11.9 Å². The third kappa shape index (κ3) is 3.50. The van der Waals surface area contributed by atoms with Gasteiger partial charge in [0.2, 0.25) is 5.90 Å². The average Bonchev–Trinajstić information content (AvgIpc) is 2.98. The number of rotatable bonds is 3. The fourth-order valence-electron chi connectivity index (χ4n) is 2.40. The van der Waals surface area contributed by atoms with E-state index >= 15 is 0 Å². The highest BCUT2D eigenvalue weighted by atomic mass is 16.6. The van der Waals surface area contributed by atoms with Gasteiger partial charge < -0.3 is 9.47 Å². The molecule has 25 heavy (non-hydrogen) atoms. The van der Waals surface area contributed by atoms with E-state index in [4.69, 9.17) is 4.74 Å². The van der Waals surface area contributed by atoms with Crippen molar-refractivity contribution >= 4 is 23.9 Å². The third-order valence-corrected chi connectivity index (χ3v) is 4.01. The van der Waals surface area contributed by atoms with E-state index in [0.29, 0.717) is 11.5 Å². The molecule has 1 heterocycles. The van der Waals surface area contributed by atoms with Gasteiger partial charge in [0, 0.05) is 5.56 Å². The number of benzene rings is 2. The van der Waals surface area contributed by atoms with Crippen molar-refractivity contribution in [2.24, 2.45) is 4.99 Å². The van der Waals surface area contributed by atoms with Crippen LogP contribution in [0.5, 0.6) is 0 Å². The van der Waals surface area contributed by atoms with Crippen LogP contribution in [0.2, 0.25) is 0 Å². The lowest BCUT2D eigenvalue weighted by Crippen LogP contribution is -2.05. The SMILES string of the molecule is COC(=O)c1ccc(/C=C2/N=C(c3ccc(C)c(C)c3)OC2=O)cc1. The van der Waals surface area contributed by atoms with Crippen molar-refractivity contribution in [2.45, 2.75) is 13.8 Å². The Hall–Kier alpha value is -3.21. The molecule has 0 radical (unpaired) electrons. The van der Waals surface area contributed by atoms with Gasteiger partial charge in [-0.1, -0.05) is 18.2 Å². The zero-order chi connectivity index (χ0) is 18.0. The number of cyclic esters (lactones) is 1. The molecular weight excluding hydrogens is 318 g/mol. The lowest BCUT2D eigenvalue weighted by molar-refractivity contribution is -0.129. The summed E-state index contributed by atoms with van der Waals surface area (Å²) in [5, 5.41) is 0. The number of hydrogen-bond acceptors (Lipinski definition) is 5. The number of aryl methyl sites for hydroxylation is 2. The lowest BCUT2D eigenvalue weighted by Gasteiger charge is -2.03. The maximum atomic E-state index is 12.1. The average molecular weight is 335 g/mol. The Balaban J connectivity index is 1.87. The van der Waals surface area contributed by atoms with Gasteiger partial charge in [0.25, 0.3) is 0 Å². The molecule has 126 valence electrons. The topological polar surface area (TPSA) is 65.0 Å². The second-order valence-corrected chi connectivity index (χ2v) is 5.75. The number of hydrogen-bond donors (Lipinski definition) is 0. The van der Waals surface area contributed by atoms with Crippen LogP contribution in [0, 0.1) is 13.8 Å². The van der Waals surface area contributed by atoms with Gasteiger partial charge in [0.05, 0.1) is 12.7 Å². The summed E-state index contributed by atoms with van der Waals surface area (Å²) in [6.07, 6.45) is 1.62. The first-order valence-corrected chi connectivity index (χ1v) is 7.76. The number of carbonyl (C=O) groups excluding carboxylic acids is 2. The van der Waals surface area contributed by atoms with E-state index in [0.717, 1.165) is 22.3 Å². The molecule has 5 nitrogen and oxygen atoms in total. The summed E-state index contributed by atoms with van der Waals surface area (Å²) in [6.45, 7) is 4.01. The summed E-state index contributed by atoms with van der Waals surface area (Å²) >= 11 is 0. The Morgan fingerprint density at radius 1 is 1.08 bits per heavy atom. The second-order valence-electron chi connectivity index (χ2n) is 5.75. The number of carbonyl (C=O) groups is 2. The maximum Gasteiger partial charge on any atom is 0.363 e. The molecule has 0 saturated heterocycles. The van der Waals surface area contributed by atoms with E-state index in [9.17, 15) is 9.59 Å². The van der Waals surface area contributed by atoms with Crippen molar-refractivity contribution in [3.8, 4) is 0 Å². The van der Waals surface area contributed by atoms with Gasteiger partial charge in [-0.25, -0.2) is 14.6 Å². The summed E-state index contributed by atoms with van der Waals surface area (Å²) in [4.78, 5) is 27.8. The lowest BCUT2D eigenvalue weighted by atomic mass is 10.1. The highest BCUT2D eigenvalue weighted by Gasteiger charge is 2.24. The molecule has 0 saturated carbocycles. The number of ether oxygens (including phenoxy) is 2. The van der Waals surface area contributed by atoms with Crippen LogP contribution in [0.3, 0.4) is 0 Å². The first kappa shape index (κ1) is 16.6. The molecule has 0 atom stereocenters. The van der Waals surface area contributed by atoms with Crippen LogP contribution in [-0.4, -0.2) is 24.9 Å². The molecular formula is C20H17NO4. The van der Waals surface area contributed by atoms with Crippen molar-refractivity contribution < 1.29 is 19.1 Å². The van der Waals surface area contributed by atoms with Crippen LogP contribution in [0.25, 0.3) is 6.08 Å². The van der Waals surface area contributed by atoms with Gasteiger partial charge in [-0.2, -0.15) is 0 Å². The molecule has 0 N–H and O–H groups in total. The summed E-state index contributed by atoms with van der Waals surface area (Å²) in [5.41, 5.74) is 4.44. The summed E-state index contributed by atoms with van der Waals surface area (Å²) in [7, 11) is 1.33. The van der Waals surface area contributed by atoms with Gasteiger partial charge in [0.1, 0.15) is 0 Å². The van der Waals surface area contributed by atoms with Gasteiger partial charge in [-0.05, 0) is 60.9 Å². The van der Waals surface area contributed by atoms with Crippen molar-refractivity contribution in [1.82, 2.24) is 0 Å². The number of aliphatic imine (C=N–C) groups is 1. The summed E-state index contributed by atoms with van der Waals surface area (Å²) < 4.78 is 9.93. The largest absolute Gasteiger partial charge is 0.465 e. The molecule has 0 aromatic heterocycles.